The van der Waals surface area contributed by atoms with Crippen molar-refractivity contribution in [3.63, 3.8) is 0 Å². The summed E-state index contributed by atoms with van der Waals surface area (Å²) >= 11 is 0. The molecule has 0 radical (unpaired) electrons. The van der Waals surface area contributed by atoms with Crippen LogP contribution in [0.1, 0.15) is 33.1 Å². The molecular weight excluding hydrogens is 284 g/mol. The lowest BCUT2D eigenvalue weighted by atomic mass is 9.60. The molecular formula is C17H22O5. The zero-order valence-electron chi connectivity index (χ0n) is 12.9. The summed E-state index contributed by atoms with van der Waals surface area (Å²) in [7, 11) is 0. The lowest BCUT2D eigenvalue weighted by Crippen LogP contribution is -2.59. The van der Waals surface area contributed by atoms with Crippen molar-refractivity contribution in [1.82, 2.24) is 0 Å². The number of Topliss-reactive ketones (excluding diaryl/α,β-unsaturated/α-hetero) is 2. The van der Waals surface area contributed by atoms with Gasteiger partial charge < -0.3 is 15.3 Å². The van der Waals surface area contributed by atoms with E-state index in [4.69, 9.17) is 0 Å². The lowest BCUT2D eigenvalue weighted by molar-refractivity contribution is -0.170. The molecule has 1 fully saturated rings. The second kappa shape index (κ2) is 4.85. The maximum Gasteiger partial charge on any atom is 0.190 e. The predicted octanol–water partition coefficient (Wildman–Crippen LogP) is 0.531. The molecule has 0 bridgehead atoms. The predicted molar refractivity (Wildman–Crippen MR) is 78.8 cm³/mol. The number of ketones is 2. The number of carbonyl (C=O) groups is 2. The fourth-order valence-electron chi connectivity index (χ4n) is 4.54. The van der Waals surface area contributed by atoms with Crippen molar-refractivity contribution in [2.45, 2.75) is 44.3 Å². The van der Waals surface area contributed by atoms with Crippen LogP contribution in [0.15, 0.2) is 23.3 Å². The van der Waals surface area contributed by atoms with E-state index in [1.165, 1.54) is 0 Å². The first kappa shape index (κ1) is 15.6. The second-order valence-electron chi connectivity index (χ2n) is 7.08. The van der Waals surface area contributed by atoms with Gasteiger partial charge in [-0.05, 0) is 24.0 Å². The van der Waals surface area contributed by atoms with E-state index >= 15 is 0 Å². The van der Waals surface area contributed by atoms with E-state index in [0.717, 1.165) is 0 Å². The molecule has 3 aliphatic rings. The fraction of sp³-hybridized carbons (Fsp3) is 0.647. The summed E-state index contributed by atoms with van der Waals surface area (Å²) < 4.78 is 0. The third-order valence-electron chi connectivity index (χ3n) is 5.68. The van der Waals surface area contributed by atoms with Crippen molar-refractivity contribution in [2.75, 3.05) is 6.61 Å². The van der Waals surface area contributed by atoms with Gasteiger partial charge in [0.25, 0.3) is 0 Å². The minimum atomic E-state index is -1.73. The normalized spacial score (nSPS) is 44.9. The third-order valence-corrected chi connectivity index (χ3v) is 5.68. The Morgan fingerprint density at radius 2 is 1.91 bits per heavy atom. The first-order valence-corrected chi connectivity index (χ1v) is 7.73. The molecule has 3 rings (SSSR count). The van der Waals surface area contributed by atoms with Gasteiger partial charge in [0.15, 0.2) is 5.78 Å². The van der Waals surface area contributed by atoms with Crippen LogP contribution in [0, 0.1) is 17.8 Å². The molecule has 0 amide bonds. The molecule has 0 saturated heterocycles. The van der Waals surface area contributed by atoms with Crippen molar-refractivity contribution in [3.8, 4) is 0 Å². The minimum absolute atomic E-state index is 0.000556. The van der Waals surface area contributed by atoms with Gasteiger partial charge in [0.05, 0.1) is 12.2 Å². The Balaban J connectivity index is 2.18. The third kappa shape index (κ3) is 1.89. The van der Waals surface area contributed by atoms with Gasteiger partial charge in [0, 0.05) is 31.1 Å². The highest BCUT2D eigenvalue weighted by Gasteiger charge is 2.63. The van der Waals surface area contributed by atoms with E-state index in [2.05, 4.69) is 0 Å². The van der Waals surface area contributed by atoms with Crippen LogP contribution in [0.3, 0.4) is 0 Å². The van der Waals surface area contributed by atoms with Crippen LogP contribution in [0.5, 0.6) is 0 Å². The van der Waals surface area contributed by atoms with Crippen LogP contribution in [-0.2, 0) is 9.59 Å². The van der Waals surface area contributed by atoms with Crippen LogP contribution >= 0.6 is 0 Å². The molecule has 0 aliphatic heterocycles. The summed E-state index contributed by atoms with van der Waals surface area (Å²) in [5.74, 6) is -1.93. The van der Waals surface area contributed by atoms with Crippen LogP contribution < -0.4 is 0 Å². The molecule has 0 unspecified atom stereocenters. The quantitative estimate of drug-likeness (QED) is 0.614. The topological polar surface area (TPSA) is 94.8 Å². The largest absolute Gasteiger partial charge is 0.392 e. The number of aliphatic hydroxyl groups is 3. The van der Waals surface area contributed by atoms with Crippen molar-refractivity contribution in [2.24, 2.45) is 17.8 Å². The average Bonchev–Trinajstić information content (AvgIpc) is 2.62. The van der Waals surface area contributed by atoms with Crippen LogP contribution in [-0.4, -0.2) is 44.7 Å². The highest BCUT2D eigenvalue weighted by molar-refractivity contribution is 6.05. The monoisotopic (exact) mass is 306 g/mol. The number of hydrogen-bond acceptors (Lipinski definition) is 5. The Kier molecular flexibility index (Phi) is 3.43. The number of rotatable bonds is 1. The maximum atomic E-state index is 12.5. The van der Waals surface area contributed by atoms with Gasteiger partial charge in [-0.3, -0.25) is 9.59 Å². The number of aliphatic hydroxyl groups excluding tert-OH is 1. The van der Waals surface area contributed by atoms with Crippen molar-refractivity contribution < 1.29 is 24.9 Å². The minimum Gasteiger partial charge on any atom is -0.392 e. The summed E-state index contributed by atoms with van der Waals surface area (Å²) in [6.07, 6.45) is 3.76. The molecule has 0 spiro atoms. The Labute approximate surface area is 129 Å². The molecule has 0 heterocycles. The van der Waals surface area contributed by atoms with Crippen LogP contribution in [0.2, 0.25) is 0 Å². The molecule has 120 valence electrons. The molecule has 1 saturated carbocycles. The van der Waals surface area contributed by atoms with Crippen LogP contribution in [0.25, 0.3) is 0 Å². The van der Waals surface area contributed by atoms with Gasteiger partial charge in [-0.1, -0.05) is 19.1 Å². The Morgan fingerprint density at radius 3 is 2.55 bits per heavy atom. The Morgan fingerprint density at radius 1 is 1.23 bits per heavy atom. The molecule has 22 heavy (non-hydrogen) atoms. The van der Waals surface area contributed by atoms with Gasteiger partial charge in [-0.15, -0.1) is 0 Å². The zero-order chi connectivity index (χ0) is 16.3. The molecule has 0 aromatic carbocycles. The standard InChI is InChI=1S/C17H22O5/c1-9-3-14-16(21,15(9)20)7-11(8-18)5-12-6-13(19)4-10(2)17(12,14)22/h3,5,10,12,14,18,21-22H,4,6-8H2,1-2H3/t10-,12-,14+,16-,17-/m1/s1. The molecule has 3 aliphatic carbocycles. The van der Waals surface area contributed by atoms with Gasteiger partial charge in [0.2, 0.25) is 0 Å². The van der Waals surface area contributed by atoms with Crippen molar-refractivity contribution in [1.29, 1.82) is 0 Å². The first-order chi connectivity index (χ1) is 10.2. The fourth-order valence-corrected chi connectivity index (χ4v) is 4.54. The van der Waals surface area contributed by atoms with Gasteiger partial charge in [-0.2, -0.15) is 0 Å². The SMILES string of the molecule is CC1=C[C@@H]2[C@@]3(O)[C@H](C)CC(=O)C[C@H]3C=C(CO)C[C@]2(O)C1=O. The molecule has 5 heteroatoms. The number of carbonyl (C=O) groups excluding carboxylic acids is 2. The number of hydrogen-bond donors (Lipinski definition) is 3. The summed E-state index contributed by atoms with van der Waals surface area (Å²) in [6.45, 7) is 3.12. The molecule has 0 aromatic heterocycles. The average molecular weight is 306 g/mol. The zero-order valence-corrected chi connectivity index (χ0v) is 12.9. The van der Waals surface area contributed by atoms with Crippen LogP contribution in [0.4, 0.5) is 0 Å². The van der Waals surface area contributed by atoms with Crippen molar-refractivity contribution >= 4 is 11.6 Å². The summed E-state index contributed by atoms with van der Waals surface area (Å²) in [6, 6.07) is 0. The van der Waals surface area contributed by atoms with E-state index in [0.29, 0.717) is 11.1 Å². The van der Waals surface area contributed by atoms with E-state index in [1.807, 2.05) is 0 Å². The molecule has 5 atom stereocenters. The highest BCUT2D eigenvalue weighted by atomic mass is 16.3. The maximum absolute atomic E-state index is 12.5. The number of fused-ring (bicyclic) bond motifs is 3. The Bertz CT molecular complexity index is 604. The first-order valence-electron chi connectivity index (χ1n) is 7.73. The second-order valence-corrected chi connectivity index (χ2v) is 7.08. The summed E-state index contributed by atoms with van der Waals surface area (Å²) in [4.78, 5) is 24.4. The molecule has 3 N–H and O–H groups in total. The van der Waals surface area contributed by atoms with Gasteiger partial charge in [-0.25, -0.2) is 0 Å². The van der Waals surface area contributed by atoms with Gasteiger partial charge >= 0.3 is 0 Å². The Hall–Kier alpha value is -1.30. The highest BCUT2D eigenvalue weighted by Crippen LogP contribution is 2.53. The summed E-state index contributed by atoms with van der Waals surface area (Å²) in [5.41, 5.74) is -2.14. The van der Waals surface area contributed by atoms with E-state index in [1.54, 1.807) is 26.0 Å². The lowest BCUT2D eigenvalue weighted by Gasteiger charge is -2.48. The van der Waals surface area contributed by atoms with E-state index < -0.39 is 28.8 Å². The molecule has 5 nitrogen and oxygen atoms in total. The van der Waals surface area contributed by atoms with E-state index in [9.17, 15) is 24.9 Å². The van der Waals surface area contributed by atoms with Gasteiger partial charge in [0.1, 0.15) is 11.4 Å². The smallest absolute Gasteiger partial charge is 0.190 e. The van der Waals surface area contributed by atoms with Crippen molar-refractivity contribution in [3.05, 3.63) is 23.3 Å². The summed E-state index contributed by atoms with van der Waals surface area (Å²) in [5, 5.41) is 32.0. The van der Waals surface area contributed by atoms with E-state index in [-0.39, 0.29) is 37.6 Å². The molecule has 0 aromatic rings.